The predicted octanol–water partition coefficient (Wildman–Crippen LogP) is 5.06. The number of piperidine rings is 1. The van der Waals surface area contributed by atoms with Gasteiger partial charge in [-0.05, 0) is 36.6 Å². The van der Waals surface area contributed by atoms with E-state index in [1.54, 1.807) is 11.8 Å². The summed E-state index contributed by atoms with van der Waals surface area (Å²) in [7, 11) is 0. The van der Waals surface area contributed by atoms with Crippen molar-refractivity contribution < 1.29 is 9.53 Å². The van der Waals surface area contributed by atoms with Crippen LogP contribution in [-0.2, 0) is 11.3 Å². The zero-order valence-electron chi connectivity index (χ0n) is 14.6. The fourth-order valence-electron chi connectivity index (χ4n) is 3.19. The van der Waals surface area contributed by atoms with Gasteiger partial charge in [0.15, 0.2) is 0 Å². The van der Waals surface area contributed by atoms with Gasteiger partial charge in [-0.2, -0.15) is 0 Å². The van der Waals surface area contributed by atoms with Gasteiger partial charge in [0.25, 0.3) is 0 Å². The van der Waals surface area contributed by atoms with E-state index in [0.29, 0.717) is 6.61 Å². The highest BCUT2D eigenvalue weighted by molar-refractivity contribution is 7.99. The van der Waals surface area contributed by atoms with Crippen LogP contribution in [0.5, 0.6) is 0 Å². The number of likely N-dealkylation sites (tertiary alicyclic amines) is 1. The quantitative estimate of drug-likeness (QED) is 0.703. The van der Waals surface area contributed by atoms with Gasteiger partial charge in [-0.1, -0.05) is 43.3 Å². The molecule has 0 radical (unpaired) electrons. The number of hydrogen-bond acceptors (Lipinski definition) is 4. The van der Waals surface area contributed by atoms with Crippen molar-refractivity contribution in [3.8, 4) is 0 Å². The first-order chi connectivity index (χ1) is 12.3. The van der Waals surface area contributed by atoms with E-state index in [1.165, 1.54) is 0 Å². The zero-order valence-corrected chi connectivity index (χ0v) is 15.4. The third-order valence-corrected chi connectivity index (χ3v) is 5.29. The molecule has 1 atom stereocenters. The number of carbonyl (C=O) groups excluding carboxylic acids is 1. The number of thioether (sulfide) groups is 1. The molecule has 0 spiro atoms. The molecule has 0 unspecified atom stereocenters. The molecule has 0 saturated carbocycles. The Hall–Kier alpha value is -2.01. The highest BCUT2D eigenvalue weighted by Gasteiger charge is 2.30. The minimum Gasteiger partial charge on any atom is -0.445 e. The fraction of sp³-hybridized carbons (Fsp3) is 0.400. The highest BCUT2D eigenvalue weighted by atomic mass is 32.2. The Bertz CT molecular complexity index is 693. The van der Waals surface area contributed by atoms with E-state index >= 15 is 0 Å². The van der Waals surface area contributed by atoms with E-state index in [9.17, 15) is 4.79 Å². The minimum absolute atomic E-state index is 0.0553. The van der Waals surface area contributed by atoms with Crippen LogP contribution in [0.25, 0.3) is 0 Å². The number of carbonyl (C=O) groups is 1. The van der Waals surface area contributed by atoms with E-state index in [2.05, 4.69) is 18.0 Å². The summed E-state index contributed by atoms with van der Waals surface area (Å²) in [6.07, 6.45) is 4.70. The molecule has 2 heterocycles. The molecule has 4 nitrogen and oxygen atoms in total. The van der Waals surface area contributed by atoms with Crippen molar-refractivity contribution in [1.29, 1.82) is 0 Å². The molecule has 0 aliphatic carbocycles. The summed E-state index contributed by atoms with van der Waals surface area (Å²) in [5, 5.41) is 1.03. The fourth-order valence-corrected chi connectivity index (χ4v) is 3.97. The Morgan fingerprint density at radius 1 is 1.24 bits per heavy atom. The topological polar surface area (TPSA) is 42.4 Å². The number of benzene rings is 1. The average molecular weight is 356 g/mol. The van der Waals surface area contributed by atoms with E-state index in [4.69, 9.17) is 4.74 Å². The molecule has 0 N–H and O–H groups in total. The van der Waals surface area contributed by atoms with Gasteiger partial charge in [-0.25, -0.2) is 9.78 Å². The largest absolute Gasteiger partial charge is 0.445 e. The molecule has 3 rings (SSSR count). The Balaban J connectivity index is 1.73. The van der Waals surface area contributed by atoms with Crippen LogP contribution in [0.1, 0.15) is 43.4 Å². The van der Waals surface area contributed by atoms with Gasteiger partial charge >= 0.3 is 6.09 Å². The molecule has 0 bridgehead atoms. The number of aromatic nitrogens is 1. The SMILES string of the molecule is CCSc1ncccc1[C@@H]1CCCCN1C(=O)OCc1ccccc1. The van der Waals surface area contributed by atoms with Gasteiger partial charge in [0.05, 0.1) is 6.04 Å². The number of rotatable bonds is 5. The molecule has 1 amide bonds. The van der Waals surface area contributed by atoms with Crippen molar-refractivity contribution in [2.75, 3.05) is 12.3 Å². The lowest BCUT2D eigenvalue weighted by Crippen LogP contribution is -2.39. The second-order valence-corrected chi connectivity index (χ2v) is 7.33. The molecule has 2 aromatic rings. The van der Waals surface area contributed by atoms with Gasteiger partial charge in [-0.15, -0.1) is 11.8 Å². The summed E-state index contributed by atoms with van der Waals surface area (Å²) in [6, 6.07) is 13.9. The van der Waals surface area contributed by atoms with Crippen LogP contribution >= 0.6 is 11.8 Å². The van der Waals surface area contributed by atoms with Gasteiger partial charge in [0.1, 0.15) is 11.6 Å². The molecule has 5 heteroatoms. The summed E-state index contributed by atoms with van der Waals surface area (Å²) in [5.41, 5.74) is 2.15. The molecule has 132 valence electrons. The number of ether oxygens (including phenoxy) is 1. The van der Waals surface area contributed by atoms with Crippen LogP contribution in [0.3, 0.4) is 0 Å². The van der Waals surface area contributed by atoms with E-state index < -0.39 is 0 Å². The molecule has 1 aliphatic rings. The summed E-state index contributed by atoms with van der Waals surface area (Å²) in [5.74, 6) is 0.967. The third-order valence-electron chi connectivity index (χ3n) is 4.38. The first kappa shape index (κ1) is 17.8. The summed E-state index contributed by atoms with van der Waals surface area (Å²) < 4.78 is 5.58. The lowest BCUT2D eigenvalue weighted by molar-refractivity contribution is 0.0672. The van der Waals surface area contributed by atoms with Gasteiger partial charge in [0, 0.05) is 18.3 Å². The first-order valence-corrected chi connectivity index (χ1v) is 9.83. The molecular formula is C20H24N2O2S. The monoisotopic (exact) mass is 356 g/mol. The molecule has 1 aromatic heterocycles. The lowest BCUT2D eigenvalue weighted by Gasteiger charge is -2.35. The predicted molar refractivity (Wildman–Crippen MR) is 101 cm³/mol. The highest BCUT2D eigenvalue weighted by Crippen LogP contribution is 2.35. The molecule has 1 saturated heterocycles. The maximum atomic E-state index is 12.7. The van der Waals surface area contributed by atoms with Gasteiger partial charge in [0.2, 0.25) is 0 Å². The summed E-state index contributed by atoms with van der Waals surface area (Å²) in [4.78, 5) is 19.1. The number of nitrogens with zero attached hydrogens (tertiary/aromatic N) is 2. The molecule has 1 fully saturated rings. The summed E-state index contributed by atoms with van der Waals surface area (Å²) >= 11 is 1.73. The molecule has 25 heavy (non-hydrogen) atoms. The second kappa shape index (κ2) is 8.90. The van der Waals surface area contributed by atoms with Crippen LogP contribution < -0.4 is 0 Å². The van der Waals surface area contributed by atoms with Gasteiger partial charge in [-0.3, -0.25) is 0 Å². The third kappa shape index (κ3) is 4.54. The van der Waals surface area contributed by atoms with Gasteiger partial charge < -0.3 is 9.64 Å². The Labute approximate surface area is 153 Å². The van der Waals surface area contributed by atoms with E-state index in [-0.39, 0.29) is 12.1 Å². The van der Waals surface area contributed by atoms with Crippen LogP contribution in [0.4, 0.5) is 4.79 Å². The Kier molecular flexibility index (Phi) is 6.34. The second-order valence-electron chi connectivity index (χ2n) is 6.08. The minimum atomic E-state index is -0.232. The van der Waals surface area contributed by atoms with Crippen LogP contribution in [0.2, 0.25) is 0 Å². The molecular weight excluding hydrogens is 332 g/mol. The number of pyridine rings is 1. The van der Waals surface area contributed by atoms with Crippen molar-refractivity contribution in [2.24, 2.45) is 0 Å². The normalized spacial score (nSPS) is 17.3. The summed E-state index contributed by atoms with van der Waals surface area (Å²) in [6.45, 7) is 3.17. The zero-order chi connectivity index (χ0) is 17.5. The van der Waals surface area contributed by atoms with E-state index in [0.717, 1.165) is 47.7 Å². The average Bonchev–Trinajstić information content (AvgIpc) is 2.68. The maximum absolute atomic E-state index is 12.7. The standard InChI is InChI=1S/C20H24N2O2S/c1-2-25-19-17(11-8-13-21-19)18-12-6-7-14-22(18)20(23)24-15-16-9-4-3-5-10-16/h3-5,8-11,13,18H,2,6-7,12,14-15H2,1H3/t18-/m0/s1. The van der Waals surface area contributed by atoms with Crippen molar-refractivity contribution >= 4 is 17.9 Å². The Morgan fingerprint density at radius 3 is 2.88 bits per heavy atom. The Morgan fingerprint density at radius 2 is 2.08 bits per heavy atom. The molecule has 1 aliphatic heterocycles. The van der Waals surface area contributed by atoms with E-state index in [1.807, 2.05) is 47.5 Å². The van der Waals surface area contributed by atoms with Crippen LogP contribution in [-0.4, -0.2) is 28.3 Å². The smallest absolute Gasteiger partial charge is 0.410 e. The van der Waals surface area contributed by atoms with Crippen molar-refractivity contribution in [1.82, 2.24) is 9.88 Å². The number of hydrogen-bond donors (Lipinski definition) is 0. The van der Waals surface area contributed by atoms with Crippen molar-refractivity contribution in [3.63, 3.8) is 0 Å². The first-order valence-electron chi connectivity index (χ1n) is 8.84. The lowest BCUT2D eigenvalue weighted by atomic mass is 9.97. The molecule has 1 aromatic carbocycles. The number of amides is 1. The van der Waals surface area contributed by atoms with Crippen molar-refractivity contribution in [3.05, 3.63) is 59.8 Å². The van der Waals surface area contributed by atoms with Crippen LogP contribution in [0, 0.1) is 0 Å². The van der Waals surface area contributed by atoms with Crippen molar-refractivity contribution in [2.45, 2.75) is 43.9 Å². The van der Waals surface area contributed by atoms with Crippen LogP contribution in [0.15, 0.2) is 53.7 Å². The maximum Gasteiger partial charge on any atom is 0.410 e.